The minimum absolute atomic E-state index is 0.0135. The lowest BCUT2D eigenvalue weighted by Crippen LogP contribution is -2.43. The maximum atomic E-state index is 12.9. The molecule has 1 aliphatic heterocycles. The molecule has 2 aromatic carbocycles. The fourth-order valence-corrected chi connectivity index (χ4v) is 5.98. The van der Waals surface area contributed by atoms with Crippen molar-refractivity contribution >= 4 is 15.9 Å². The van der Waals surface area contributed by atoms with Crippen LogP contribution >= 0.6 is 0 Å². The molecule has 0 radical (unpaired) electrons. The van der Waals surface area contributed by atoms with Gasteiger partial charge in [-0.1, -0.05) is 36.4 Å². The second-order valence-corrected chi connectivity index (χ2v) is 10.8. The van der Waals surface area contributed by atoms with Gasteiger partial charge in [0.1, 0.15) is 0 Å². The van der Waals surface area contributed by atoms with Gasteiger partial charge in [-0.2, -0.15) is 0 Å². The summed E-state index contributed by atoms with van der Waals surface area (Å²) in [7, 11) is -3.39. The number of aryl methyl sites for hydroxylation is 4. The van der Waals surface area contributed by atoms with E-state index in [9.17, 15) is 13.2 Å². The van der Waals surface area contributed by atoms with Gasteiger partial charge >= 0.3 is 0 Å². The summed E-state index contributed by atoms with van der Waals surface area (Å²) < 4.78 is 27.3. The largest absolute Gasteiger partial charge is 0.349 e. The summed E-state index contributed by atoms with van der Waals surface area (Å²) >= 11 is 0. The lowest BCUT2D eigenvalue weighted by Gasteiger charge is -2.31. The molecule has 3 rings (SSSR count). The number of rotatable bonds is 6. The molecule has 2 aromatic rings. The van der Waals surface area contributed by atoms with Crippen LogP contribution in [0.5, 0.6) is 0 Å². The first-order chi connectivity index (χ1) is 14.6. The van der Waals surface area contributed by atoms with Crippen molar-refractivity contribution in [1.29, 1.82) is 0 Å². The van der Waals surface area contributed by atoms with Crippen molar-refractivity contribution in [3.8, 4) is 0 Å². The van der Waals surface area contributed by atoms with Gasteiger partial charge < -0.3 is 5.32 Å². The number of hydrogen-bond donors (Lipinski definition) is 1. The van der Waals surface area contributed by atoms with Crippen molar-refractivity contribution in [2.24, 2.45) is 5.92 Å². The molecule has 0 saturated carbocycles. The van der Waals surface area contributed by atoms with Crippen LogP contribution in [0.15, 0.2) is 36.4 Å². The molecule has 0 aliphatic carbocycles. The Balaban J connectivity index is 1.58. The van der Waals surface area contributed by atoms with Crippen molar-refractivity contribution in [3.05, 3.63) is 69.8 Å². The molecule has 0 aromatic heterocycles. The normalized spacial score (nSPS) is 16.8. The molecule has 5 nitrogen and oxygen atoms in total. The van der Waals surface area contributed by atoms with E-state index >= 15 is 0 Å². The molecule has 1 saturated heterocycles. The molecule has 1 aliphatic rings. The molecule has 168 valence electrons. The highest BCUT2D eigenvalue weighted by atomic mass is 32.2. The average molecular weight is 443 g/mol. The highest BCUT2D eigenvalue weighted by Gasteiger charge is 2.32. The number of sulfonamides is 1. The van der Waals surface area contributed by atoms with Crippen LogP contribution in [0.3, 0.4) is 0 Å². The van der Waals surface area contributed by atoms with E-state index in [1.165, 1.54) is 16.7 Å². The third-order valence-corrected chi connectivity index (χ3v) is 8.35. The fraction of sp³-hybridized carbons (Fsp3) is 0.480. The van der Waals surface area contributed by atoms with E-state index in [1.54, 1.807) is 4.31 Å². The Morgan fingerprint density at radius 3 is 2.26 bits per heavy atom. The number of carbonyl (C=O) groups is 1. The molecule has 0 unspecified atom stereocenters. The standard InChI is InChI=1S/C25H34N2O3S/c1-17-8-6-7-9-23(17)16-31(29,30)27-12-10-22(11-13-27)25(28)26-21(5)24-15-19(3)18(2)14-20(24)4/h6-9,14-15,21-22H,10-13,16H2,1-5H3,(H,26,28)/t21-/m1/s1. The molecule has 1 fully saturated rings. The average Bonchev–Trinajstić information content (AvgIpc) is 2.72. The van der Waals surface area contributed by atoms with E-state index in [-0.39, 0.29) is 23.6 Å². The molecule has 0 spiro atoms. The third kappa shape index (κ3) is 5.55. The molecule has 31 heavy (non-hydrogen) atoms. The van der Waals surface area contributed by atoms with E-state index < -0.39 is 10.0 Å². The SMILES string of the molecule is Cc1cc(C)c([C@@H](C)NC(=O)C2CCN(S(=O)(=O)Cc3ccccc3C)CC2)cc1C. The number of piperidine rings is 1. The fourth-order valence-electron chi connectivity index (χ4n) is 4.31. The maximum Gasteiger partial charge on any atom is 0.223 e. The van der Waals surface area contributed by atoms with E-state index in [1.807, 2.05) is 38.1 Å². The van der Waals surface area contributed by atoms with E-state index in [2.05, 4.69) is 38.2 Å². The van der Waals surface area contributed by atoms with Crippen LogP contribution in [0, 0.1) is 33.6 Å². The summed E-state index contributed by atoms with van der Waals surface area (Å²) in [5, 5.41) is 3.15. The van der Waals surface area contributed by atoms with Crippen LogP contribution in [-0.4, -0.2) is 31.7 Å². The number of amides is 1. The van der Waals surface area contributed by atoms with Gasteiger partial charge in [-0.3, -0.25) is 4.79 Å². The van der Waals surface area contributed by atoms with Crippen LogP contribution in [0.25, 0.3) is 0 Å². The van der Waals surface area contributed by atoms with Gasteiger partial charge in [-0.15, -0.1) is 0 Å². The van der Waals surface area contributed by atoms with Crippen LogP contribution in [0.4, 0.5) is 0 Å². The first-order valence-corrected chi connectivity index (χ1v) is 12.6. The monoisotopic (exact) mass is 442 g/mol. The summed E-state index contributed by atoms with van der Waals surface area (Å²) in [5.41, 5.74) is 6.59. The molecule has 1 atom stereocenters. The van der Waals surface area contributed by atoms with Crippen molar-refractivity contribution in [3.63, 3.8) is 0 Å². The van der Waals surface area contributed by atoms with Gasteiger partial charge in [0, 0.05) is 19.0 Å². The lowest BCUT2D eigenvalue weighted by atomic mass is 9.94. The molecule has 1 heterocycles. The van der Waals surface area contributed by atoms with Gasteiger partial charge in [0.25, 0.3) is 0 Å². The summed E-state index contributed by atoms with van der Waals surface area (Å²) in [6.45, 7) is 11.0. The Bertz CT molecular complexity index is 1050. The first-order valence-electron chi connectivity index (χ1n) is 11.0. The highest BCUT2D eigenvalue weighted by Crippen LogP contribution is 2.25. The second kappa shape index (κ2) is 9.53. The summed E-state index contributed by atoms with van der Waals surface area (Å²) in [5.74, 6) is -0.125. The summed E-state index contributed by atoms with van der Waals surface area (Å²) in [4.78, 5) is 12.9. The molecule has 1 amide bonds. The van der Waals surface area contributed by atoms with E-state index in [0.29, 0.717) is 25.9 Å². The van der Waals surface area contributed by atoms with Crippen molar-refractivity contribution in [1.82, 2.24) is 9.62 Å². The smallest absolute Gasteiger partial charge is 0.223 e. The number of nitrogens with zero attached hydrogens (tertiary/aromatic N) is 1. The van der Waals surface area contributed by atoms with Gasteiger partial charge in [0.15, 0.2) is 0 Å². The Kier molecular flexibility index (Phi) is 7.22. The molecular formula is C25H34N2O3S. The predicted molar refractivity (Wildman–Crippen MR) is 125 cm³/mol. The van der Waals surface area contributed by atoms with Gasteiger partial charge in [0.2, 0.25) is 15.9 Å². The Morgan fingerprint density at radius 1 is 1.00 bits per heavy atom. The zero-order chi connectivity index (χ0) is 22.8. The number of benzene rings is 2. The molecule has 6 heteroatoms. The van der Waals surface area contributed by atoms with Crippen LogP contribution < -0.4 is 5.32 Å². The number of hydrogen-bond acceptors (Lipinski definition) is 3. The lowest BCUT2D eigenvalue weighted by molar-refractivity contribution is -0.126. The van der Waals surface area contributed by atoms with Crippen molar-refractivity contribution < 1.29 is 13.2 Å². The summed E-state index contributed by atoms with van der Waals surface area (Å²) in [6.07, 6.45) is 1.11. The minimum atomic E-state index is -3.39. The molecule has 1 N–H and O–H groups in total. The van der Waals surface area contributed by atoms with Crippen LogP contribution in [-0.2, 0) is 20.6 Å². The topological polar surface area (TPSA) is 66.5 Å². The maximum absolute atomic E-state index is 12.9. The highest BCUT2D eigenvalue weighted by molar-refractivity contribution is 7.88. The number of carbonyl (C=O) groups excluding carboxylic acids is 1. The van der Waals surface area contributed by atoms with Crippen LogP contribution in [0.1, 0.15) is 59.2 Å². The van der Waals surface area contributed by atoms with Crippen molar-refractivity contribution in [2.45, 2.75) is 59.3 Å². The van der Waals surface area contributed by atoms with Crippen molar-refractivity contribution in [2.75, 3.05) is 13.1 Å². The zero-order valence-corrected chi connectivity index (χ0v) is 20.1. The third-order valence-electron chi connectivity index (χ3n) is 6.52. The molecule has 0 bridgehead atoms. The quantitative estimate of drug-likeness (QED) is 0.724. The zero-order valence-electron chi connectivity index (χ0n) is 19.2. The van der Waals surface area contributed by atoms with E-state index in [4.69, 9.17) is 0 Å². The van der Waals surface area contributed by atoms with Crippen LogP contribution in [0.2, 0.25) is 0 Å². The second-order valence-electron chi connectivity index (χ2n) is 8.88. The Morgan fingerprint density at radius 2 is 1.61 bits per heavy atom. The Hall–Kier alpha value is -2.18. The predicted octanol–water partition coefficient (Wildman–Crippen LogP) is 4.34. The first kappa shape index (κ1) is 23.5. The van der Waals surface area contributed by atoms with Gasteiger partial charge in [0.05, 0.1) is 11.8 Å². The van der Waals surface area contributed by atoms with Gasteiger partial charge in [-0.05, 0) is 80.8 Å². The molecular weight excluding hydrogens is 408 g/mol. The minimum Gasteiger partial charge on any atom is -0.349 e. The summed E-state index contributed by atoms with van der Waals surface area (Å²) in [6, 6.07) is 11.8. The van der Waals surface area contributed by atoms with Gasteiger partial charge in [-0.25, -0.2) is 12.7 Å². The van der Waals surface area contributed by atoms with E-state index in [0.717, 1.165) is 16.7 Å². The number of nitrogens with one attached hydrogen (secondary N) is 1. The Labute approximate surface area is 186 Å².